The molecule has 3 nitrogen and oxygen atoms in total. The summed E-state index contributed by atoms with van der Waals surface area (Å²) in [5, 5.41) is 11.9. The van der Waals surface area contributed by atoms with Crippen LogP contribution in [0.4, 0.5) is 0 Å². The third-order valence-electron chi connectivity index (χ3n) is 2.10. The molecular weight excluding hydrogens is 222 g/mol. The standard InChI is InChI=1S/C9H12ClNO2S/c1-5(9(12)13)8(11-2)6-3-4-7(10)14-6/h3-5,8,11H,1-2H3,(H,12,13). The summed E-state index contributed by atoms with van der Waals surface area (Å²) in [7, 11) is 1.75. The highest BCUT2D eigenvalue weighted by atomic mass is 35.5. The molecule has 1 aromatic rings. The van der Waals surface area contributed by atoms with Gasteiger partial charge in [-0.05, 0) is 19.2 Å². The second kappa shape index (κ2) is 4.77. The molecule has 1 heterocycles. The fraction of sp³-hybridized carbons (Fsp3) is 0.444. The number of halogens is 1. The van der Waals surface area contributed by atoms with Crippen LogP contribution < -0.4 is 5.32 Å². The quantitative estimate of drug-likeness (QED) is 0.840. The van der Waals surface area contributed by atoms with Gasteiger partial charge in [-0.15, -0.1) is 11.3 Å². The molecule has 1 rings (SSSR count). The number of carboxylic acids is 1. The number of hydrogen-bond acceptors (Lipinski definition) is 3. The molecule has 0 saturated heterocycles. The first-order valence-corrected chi connectivity index (χ1v) is 5.41. The van der Waals surface area contributed by atoms with Gasteiger partial charge in [0.25, 0.3) is 0 Å². The Morgan fingerprint density at radius 1 is 1.64 bits per heavy atom. The van der Waals surface area contributed by atoms with E-state index in [0.29, 0.717) is 4.34 Å². The minimum atomic E-state index is -0.811. The van der Waals surface area contributed by atoms with Gasteiger partial charge in [0, 0.05) is 4.88 Å². The van der Waals surface area contributed by atoms with E-state index < -0.39 is 11.9 Å². The van der Waals surface area contributed by atoms with Crippen LogP contribution in [0.25, 0.3) is 0 Å². The van der Waals surface area contributed by atoms with Crippen LogP contribution in [0.2, 0.25) is 4.34 Å². The lowest BCUT2D eigenvalue weighted by Gasteiger charge is -2.18. The maximum atomic E-state index is 10.8. The summed E-state index contributed by atoms with van der Waals surface area (Å²) in [6, 6.07) is 3.46. The van der Waals surface area contributed by atoms with E-state index in [2.05, 4.69) is 5.32 Å². The van der Waals surface area contributed by atoms with Gasteiger partial charge in [0.15, 0.2) is 0 Å². The second-order valence-electron chi connectivity index (χ2n) is 3.04. The van der Waals surface area contributed by atoms with Gasteiger partial charge in [-0.1, -0.05) is 18.5 Å². The topological polar surface area (TPSA) is 49.3 Å². The summed E-state index contributed by atoms with van der Waals surface area (Å²) in [4.78, 5) is 11.8. The smallest absolute Gasteiger partial charge is 0.308 e. The Kier molecular flexibility index (Phi) is 3.92. The maximum absolute atomic E-state index is 10.8. The first-order valence-electron chi connectivity index (χ1n) is 4.21. The Bertz CT molecular complexity index is 326. The Labute approximate surface area is 91.7 Å². The lowest BCUT2D eigenvalue weighted by Crippen LogP contribution is -2.27. The highest BCUT2D eigenvalue weighted by Gasteiger charge is 2.24. The zero-order valence-corrected chi connectivity index (χ0v) is 9.52. The summed E-state index contributed by atoms with van der Waals surface area (Å²) < 4.78 is 0.679. The van der Waals surface area contributed by atoms with Gasteiger partial charge in [0.05, 0.1) is 16.3 Å². The Balaban J connectivity index is 2.86. The third-order valence-corrected chi connectivity index (χ3v) is 3.42. The van der Waals surface area contributed by atoms with Crippen molar-refractivity contribution in [3.05, 3.63) is 21.3 Å². The Morgan fingerprint density at radius 2 is 2.29 bits per heavy atom. The number of carbonyl (C=O) groups is 1. The average Bonchev–Trinajstić information content (AvgIpc) is 2.53. The van der Waals surface area contributed by atoms with Gasteiger partial charge in [-0.25, -0.2) is 0 Å². The molecule has 5 heteroatoms. The molecule has 0 fully saturated rings. The molecule has 0 aliphatic rings. The zero-order chi connectivity index (χ0) is 10.7. The summed E-state index contributed by atoms with van der Waals surface area (Å²) in [5.74, 6) is -1.27. The van der Waals surface area contributed by atoms with Crippen molar-refractivity contribution in [2.45, 2.75) is 13.0 Å². The van der Waals surface area contributed by atoms with Crippen LogP contribution >= 0.6 is 22.9 Å². The molecule has 0 bridgehead atoms. The lowest BCUT2D eigenvalue weighted by atomic mass is 10.0. The van der Waals surface area contributed by atoms with Crippen LogP contribution in [-0.2, 0) is 4.79 Å². The van der Waals surface area contributed by atoms with Crippen LogP contribution in [0.5, 0.6) is 0 Å². The van der Waals surface area contributed by atoms with Crippen molar-refractivity contribution in [3.63, 3.8) is 0 Å². The van der Waals surface area contributed by atoms with Gasteiger partial charge in [-0.3, -0.25) is 4.79 Å². The fourth-order valence-corrected chi connectivity index (χ4v) is 2.55. The van der Waals surface area contributed by atoms with E-state index in [1.54, 1.807) is 20.0 Å². The molecule has 2 unspecified atom stereocenters. The fourth-order valence-electron chi connectivity index (χ4n) is 1.28. The predicted molar refractivity (Wildman–Crippen MR) is 57.9 cm³/mol. The number of rotatable bonds is 4. The third kappa shape index (κ3) is 2.47. The van der Waals surface area contributed by atoms with Crippen molar-refractivity contribution in [1.82, 2.24) is 5.32 Å². The molecule has 14 heavy (non-hydrogen) atoms. The maximum Gasteiger partial charge on any atom is 0.308 e. The Morgan fingerprint density at radius 3 is 2.64 bits per heavy atom. The number of carboxylic acid groups (broad SMARTS) is 1. The van der Waals surface area contributed by atoms with Crippen LogP contribution in [0.3, 0.4) is 0 Å². The zero-order valence-electron chi connectivity index (χ0n) is 7.95. The number of aliphatic carboxylic acids is 1. The molecule has 1 aromatic heterocycles. The van der Waals surface area contributed by atoms with E-state index in [1.807, 2.05) is 6.07 Å². The van der Waals surface area contributed by atoms with E-state index in [1.165, 1.54) is 11.3 Å². The Hall–Kier alpha value is -0.580. The van der Waals surface area contributed by atoms with Gasteiger partial charge < -0.3 is 10.4 Å². The second-order valence-corrected chi connectivity index (χ2v) is 4.78. The summed E-state index contributed by atoms with van der Waals surface area (Å²) in [6.07, 6.45) is 0. The largest absolute Gasteiger partial charge is 0.481 e. The SMILES string of the molecule is CNC(c1ccc(Cl)s1)C(C)C(=O)O. The first kappa shape index (κ1) is 11.5. The van der Waals surface area contributed by atoms with Crippen molar-refractivity contribution in [2.24, 2.45) is 5.92 Å². The van der Waals surface area contributed by atoms with Gasteiger partial charge >= 0.3 is 5.97 Å². The average molecular weight is 234 g/mol. The molecule has 0 radical (unpaired) electrons. The van der Waals surface area contributed by atoms with Crippen LogP contribution in [0, 0.1) is 5.92 Å². The summed E-state index contributed by atoms with van der Waals surface area (Å²) in [5.41, 5.74) is 0. The van der Waals surface area contributed by atoms with Crippen LogP contribution in [0.15, 0.2) is 12.1 Å². The molecule has 0 aliphatic carbocycles. The minimum Gasteiger partial charge on any atom is -0.481 e. The van der Waals surface area contributed by atoms with Gasteiger partial charge in [0.2, 0.25) is 0 Å². The van der Waals surface area contributed by atoms with E-state index >= 15 is 0 Å². The van der Waals surface area contributed by atoms with Gasteiger partial charge in [0.1, 0.15) is 0 Å². The minimum absolute atomic E-state index is 0.176. The molecule has 0 aromatic carbocycles. The molecule has 78 valence electrons. The highest BCUT2D eigenvalue weighted by Crippen LogP contribution is 2.30. The molecule has 0 saturated carbocycles. The van der Waals surface area contributed by atoms with Crippen molar-refractivity contribution >= 4 is 28.9 Å². The van der Waals surface area contributed by atoms with Gasteiger partial charge in [-0.2, -0.15) is 0 Å². The molecule has 0 aliphatic heterocycles. The van der Waals surface area contributed by atoms with E-state index in [-0.39, 0.29) is 6.04 Å². The monoisotopic (exact) mass is 233 g/mol. The molecule has 2 N–H and O–H groups in total. The molecule has 2 atom stereocenters. The molecule has 0 amide bonds. The van der Waals surface area contributed by atoms with E-state index in [4.69, 9.17) is 16.7 Å². The summed E-state index contributed by atoms with van der Waals surface area (Å²) in [6.45, 7) is 1.68. The lowest BCUT2D eigenvalue weighted by molar-refractivity contribution is -0.142. The van der Waals surface area contributed by atoms with Crippen LogP contribution in [-0.4, -0.2) is 18.1 Å². The first-order chi connectivity index (χ1) is 6.56. The van der Waals surface area contributed by atoms with Crippen molar-refractivity contribution < 1.29 is 9.90 Å². The van der Waals surface area contributed by atoms with Crippen LogP contribution in [0.1, 0.15) is 17.8 Å². The van der Waals surface area contributed by atoms with E-state index in [9.17, 15) is 4.79 Å². The van der Waals surface area contributed by atoms with Crippen molar-refractivity contribution in [2.75, 3.05) is 7.05 Å². The molecular formula is C9H12ClNO2S. The van der Waals surface area contributed by atoms with E-state index in [0.717, 1.165) is 4.88 Å². The molecule has 0 spiro atoms. The number of thiophene rings is 1. The van der Waals surface area contributed by atoms with Crippen molar-refractivity contribution in [3.8, 4) is 0 Å². The highest BCUT2D eigenvalue weighted by molar-refractivity contribution is 7.16. The number of hydrogen-bond donors (Lipinski definition) is 2. The summed E-state index contributed by atoms with van der Waals surface area (Å²) >= 11 is 7.19. The predicted octanol–water partition coefficient (Wildman–Crippen LogP) is 2.38. The van der Waals surface area contributed by atoms with Crippen molar-refractivity contribution in [1.29, 1.82) is 0 Å². The number of nitrogens with one attached hydrogen (secondary N) is 1. The normalized spacial score (nSPS) is 15.1.